The first-order chi connectivity index (χ1) is 6.74. The van der Waals surface area contributed by atoms with Crippen molar-refractivity contribution in [3.8, 4) is 0 Å². The van der Waals surface area contributed by atoms with Crippen molar-refractivity contribution in [2.24, 2.45) is 0 Å². The molecule has 0 saturated carbocycles. The van der Waals surface area contributed by atoms with Crippen molar-refractivity contribution in [1.82, 2.24) is 0 Å². The van der Waals surface area contributed by atoms with Gasteiger partial charge in [0.05, 0.1) is 13.0 Å². The predicted octanol–water partition coefficient (Wildman–Crippen LogP) is 1.94. The van der Waals surface area contributed by atoms with Gasteiger partial charge in [0.1, 0.15) is 14.1 Å². The first-order valence-electron chi connectivity index (χ1n) is 4.94. The Balaban J connectivity index is 2.71. The van der Waals surface area contributed by atoms with Crippen molar-refractivity contribution in [3.05, 3.63) is 35.9 Å². The van der Waals surface area contributed by atoms with E-state index in [1.807, 2.05) is 31.7 Å². The Kier molecular flexibility index (Phi) is 4.17. The minimum Gasteiger partial charge on any atom is -0.448 e. The molecule has 0 aliphatic rings. The fourth-order valence-electron chi connectivity index (χ4n) is 1.28. The lowest BCUT2D eigenvalue weighted by atomic mass is 10.1. The molecule has 0 fully saturated rings. The molecule has 0 spiro atoms. The summed E-state index contributed by atoms with van der Waals surface area (Å²) in [6.45, 7) is 2.73. The molecular formula is C12H18NO+. The van der Waals surface area contributed by atoms with Gasteiger partial charge in [0.15, 0.2) is 0 Å². The number of hydrogen-bond acceptors (Lipinski definition) is 1. The van der Waals surface area contributed by atoms with E-state index in [2.05, 4.69) is 24.3 Å². The molecule has 0 aliphatic carbocycles. The molecule has 0 saturated heterocycles. The van der Waals surface area contributed by atoms with E-state index in [9.17, 15) is 0 Å². The largest absolute Gasteiger partial charge is 0.448 e. The normalized spacial score (nSPS) is 9.64. The van der Waals surface area contributed by atoms with Crippen molar-refractivity contribution in [1.29, 1.82) is 0 Å². The Morgan fingerprint density at radius 3 is 2.36 bits per heavy atom. The molecule has 0 aromatic heterocycles. The molecule has 0 N–H and O–H groups in total. The van der Waals surface area contributed by atoms with Crippen LogP contribution in [0.1, 0.15) is 12.5 Å². The van der Waals surface area contributed by atoms with Gasteiger partial charge in [-0.3, -0.25) is 0 Å². The lowest BCUT2D eigenvalue weighted by Crippen LogP contribution is -2.19. The Labute approximate surface area is 85.8 Å². The van der Waals surface area contributed by atoms with Gasteiger partial charge in [-0.1, -0.05) is 30.3 Å². The summed E-state index contributed by atoms with van der Waals surface area (Å²) in [7, 11) is 4.02. The molecule has 2 nitrogen and oxygen atoms in total. The quantitative estimate of drug-likeness (QED) is 0.405. The smallest absolute Gasteiger partial charge is 0.340 e. The highest BCUT2D eigenvalue weighted by molar-refractivity contribution is 5.73. The van der Waals surface area contributed by atoms with Crippen LogP contribution in [0.15, 0.2) is 30.3 Å². The van der Waals surface area contributed by atoms with Gasteiger partial charge in [0.2, 0.25) is 0 Å². The van der Waals surface area contributed by atoms with Gasteiger partial charge in [0, 0.05) is 0 Å². The summed E-state index contributed by atoms with van der Waals surface area (Å²) in [6, 6.07) is 10.4. The van der Waals surface area contributed by atoms with Crippen LogP contribution in [0.5, 0.6) is 0 Å². The monoisotopic (exact) mass is 192 g/mol. The first kappa shape index (κ1) is 10.8. The summed E-state index contributed by atoms with van der Waals surface area (Å²) in [4.78, 5) is 0. The molecule has 1 rings (SSSR count). The zero-order valence-electron chi connectivity index (χ0n) is 9.16. The van der Waals surface area contributed by atoms with Crippen molar-refractivity contribution in [2.75, 3.05) is 20.7 Å². The van der Waals surface area contributed by atoms with Crippen LogP contribution in [0, 0.1) is 0 Å². The molecule has 14 heavy (non-hydrogen) atoms. The molecule has 76 valence electrons. The number of hydrogen-bond donors (Lipinski definition) is 0. The van der Waals surface area contributed by atoms with Crippen molar-refractivity contribution >= 4 is 5.90 Å². The number of rotatable bonds is 3. The van der Waals surface area contributed by atoms with Crippen LogP contribution >= 0.6 is 0 Å². The summed E-state index contributed by atoms with van der Waals surface area (Å²) >= 11 is 0. The minimum absolute atomic E-state index is 0.723. The topological polar surface area (TPSA) is 12.2 Å². The van der Waals surface area contributed by atoms with Gasteiger partial charge in [-0.2, -0.15) is 0 Å². The Morgan fingerprint density at radius 2 is 1.86 bits per heavy atom. The van der Waals surface area contributed by atoms with Gasteiger partial charge < -0.3 is 4.74 Å². The fraction of sp³-hybridized carbons (Fsp3) is 0.417. The molecule has 0 bridgehead atoms. The third-order valence-corrected chi connectivity index (χ3v) is 2.01. The average Bonchev–Trinajstić information content (AvgIpc) is 2.18. The molecule has 0 amide bonds. The molecular weight excluding hydrogens is 174 g/mol. The van der Waals surface area contributed by atoms with Crippen molar-refractivity contribution in [3.63, 3.8) is 0 Å². The second kappa shape index (κ2) is 5.43. The molecule has 0 atom stereocenters. The Hall–Kier alpha value is -1.31. The van der Waals surface area contributed by atoms with Crippen LogP contribution in [0.4, 0.5) is 0 Å². The van der Waals surface area contributed by atoms with Crippen LogP contribution in [0.25, 0.3) is 0 Å². The zero-order valence-corrected chi connectivity index (χ0v) is 9.16. The summed E-state index contributed by atoms with van der Waals surface area (Å²) in [5, 5.41) is 0. The highest BCUT2D eigenvalue weighted by Crippen LogP contribution is 2.01. The van der Waals surface area contributed by atoms with Crippen LogP contribution < -0.4 is 0 Å². The molecule has 0 aliphatic heterocycles. The van der Waals surface area contributed by atoms with E-state index >= 15 is 0 Å². The van der Waals surface area contributed by atoms with Gasteiger partial charge >= 0.3 is 5.90 Å². The third kappa shape index (κ3) is 3.21. The maximum absolute atomic E-state index is 5.55. The summed E-state index contributed by atoms with van der Waals surface area (Å²) in [5.41, 5.74) is 1.28. The SMILES string of the molecule is CCOC(Cc1ccccc1)=[N+](C)C. The standard InChI is InChI=1S/C12H18NO/c1-4-14-12(13(2)3)10-11-8-6-5-7-9-11/h5-9H,4,10H2,1-3H3/q+1. The molecule has 2 heteroatoms. The highest BCUT2D eigenvalue weighted by atomic mass is 16.5. The first-order valence-corrected chi connectivity index (χ1v) is 4.94. The van der Waals surface area contributed by atoms with E-state index in [-0.39, 0.29) is 0 Å². The van der Waals surface area contributed by atoms with E-state index in [0.29, 0.717) is 0 Å². The lowest BCUT2D eigenvalue weighted by Gasteiger charge is -2.04. The van der Waals surface area contributed by atoms with Crippen LogP contribution in [0.2, 0.25) is 0 Å². The molecule has 0 unspecified atom stereocenters. The van der Waals surface area contributed by atoms with E-state index in [0.717, 1.165) is 18.9 Å². The number of nitrogens with zero attached hydrogens (tertiary/aromatic N) is 1. The van der Waals surface area contributed by atoms with E-state index in [1.165, 1.54) is 5.56 Å². The van der Waals surface area contributed by atoms with Gasteiger partial charge in [-0.25, -0.2) is 4.58 Å². The zero-order chi connectivity index (χ0) is 10.4. The maximum atomic E-state index is 5.55. The Morgan fingerprint density at radius 1 is 1.21 bits per heavy atom. The van der Waals surface area contributed by atoms with E-state index in [4.69, 9.17) is 4.74 Å². The molecule has 1 aromatic carbocycles. The predicted molar refractivity (Wildman–Crippen MR) is 58.9 cm³/mol. The van der Waals surface area contributed by atoms with E-state index in [1.54, 1.807) is 0 Å². The van der Waals surface area contributed by atoms with Crippen molar-refractivity contribution < 1.29 is 9.31 Å². The molecule has 0 radical (unpaired) electrons. The summed E-state index contributed by atoms with van der Waals surface area (Å²) in [5.74, 6) is 1.01. The van der Waals surface area contributed by atoms with Gasteiger partial charge in [-0.15, -0.1) is 0 Å². The summed E-state index contributed by atoms with van der Waals surface area (Å²) < 4.78 is 7.57. The Bertz CT molecular complexity index is 299. The average molecular weight is 192 g/mol. The van der Waals surface area contributed by atoms with Gasteiger partial charge in [-0.05, 0) is 12.5 Å². The fourth-order valence-corrected chi connectivity index (χ4v) is 1.28. The van der Waals surface area contributed by atoms with Gasteiger partial charge in [0.25, 0.3) is 0 Å². The number of benzene rings is 1. The van der Waals surface area contributed by atoms with E-state index < -0.39 is 0 Å². The maximum Gasteiger partial charge on any atom is 0.340 e. The molecule has 0 heterocycles. The van der Waals surface area contributed by atoms with Crippen molar-refractivity contribution in [2.45, 2.75) is 13.3 Å². The highest BCUT2D eigenvalue weighted by Gasteiger charge is 2.09. The second-order valence-corrected chi connectivity index (χ2v) is 3.38. The molecule has 1 aromatic rings. The lowest BCUT2D eigenvalue weighted by molar-refractivity contribution is -0.475. The van der Waals surface area contributed by atoms with Crippen LogP contribution in [-0.4, -0.2) is 31.2 Å². The summed E-state index contributed by atoms with van der Waals surface area (Å²) in [6.07, 6.45) is 0.863. The van der Waals surface area contributed by atoms with Crippen LogP contribution in [-0.2, 0) is 11.2 Å². The van der Waals surface area contributed by atoms with Crippen LogP contribution in [0.3, 0.4) is 0 Å². The second-order valence-electron chi connectivity index (χ2n) is 3.38. The number of ether oxygens (including phenoxy) is 1. The third-order valence-electron chi connectivity index (χ3n) is 2.01. The minimum atomic E-state index is 0.723.